The molecule has 0 radical (unpaired) electrons. The predicted octanol–water partition coefficient (Wildman–Crippen LogP) is 2.56. The molecule has 168 valence electrons. The number of likely N-dealkylation sites (tertiary alicyclic amines) is 1. The minimum absolute atomic E-state index is 0.0285. The Labute approximate surface area is 185 Å². The average Bonchev–Trinajstić information content (AvgIpc) is 3.41. The van der Waals surface area contributed by atoms with Gasteiger partial charge in [-0.05, 0) is 50.8 Å². The maximum absolute atomic E-state index is 13.1. The molecule has 2 amide bonds. The molecule has 0 spiro atoms. The highest BCUT2D eigenvalue weighted by atomic mass is 16.2. The van der Waals surface area contributed by atoms with Crippen molar-refractivity contribution in [2.75, 3.05) is 31.6 Å². The number of anilines is 1. The number of nitrogens with one attached hydrogen (secondary N) is 1. The highest BCUT2D eigenvalue weighted by Gasteiger charge is 2.47. The Hall–Kier alpha value is -1.92. The zero-order valence-electron chi connectivity index (χ0n) is 18.8. The standard InChI is InChI=1S/C25H36N4O2/c1-27-20(11-12-23(30)29-15-13-18-7-5-6-10-21(18)29)17-26-25(31)24-22(27)14-16-28(24)19-8-3-2-4-9-19/h5-7,10,19-20,22,24H,2-4,8-9,11-17H2,1H3,(H,26,31)/t20-,22+,24-/m0/s1. The van der Waals surface area contributed by atoms with Crippen molar-refractivity contribution in [3.8, 4) is 0 Å². The molecule has 4 aliphatic rings. The van der Waals surface area contributed by atoms with E-state index >= 15 is 0 Å². The fourth-order valence-electron chi connectivity index (χ4n) is 6.44. The van der Waals surface area contributed by atoms with Gasteiger partial charge in [-0.15, -0.1) is 0 Å². The Balaban J connectivity index is 1.23. The molecule has 5 rings (SSSR count). The number of benzene rings is 1. The lowest BCUT2D eigenvalue weighted by Gasteiger charge is -2.37. The van der Waals surface area contributed by atoms with Gasteiger partial charge < -0.3 is 10.2 Å². The number of hydrogen-bond donors (Lipinski definition) is 1. The summed E-state index contributed by atoms with van der Waals surface area (Å²) in [7, 11) is 2.17. The van der Waals surface area contributed by atoms with E-state index in [-0.39, 0.29) is 29.9 Å². The molecule has 31 heavy (non-hydrogen) atoms. The van der Waals surface area contributed by atoms with E-state index in [9.17, 15) is 9.59 Å². The number of rotatable bonds is 4. The molecule has 0 bridgehead atoms. The quantitative estimate of drug-likeness (QED) is 0.807. The minimum atomic E-state index is -0.0285. The van der Waals surface area contributed by atoms with Crippen LogP contribution in [-0.2, 0) is 16.0 Å². The maximum atomic E-state index is 13.1. The van der Waals surface area contributed by atoms with Gasteiger partial charge in [-0.1, -0.05) is 37.5 Å². The fraction of sp³-hybridized carbons (Fsp3) is 0.680. The van der Waals surface area contributed by atoms with Gasteiger partial charge in [0.05, 0.1) is 0 Å². The van der Waals surface area contributed by atoms with Crippen molar-refractivity contribution in [1.82, 2.24) is 15.1 Å². The van der Waals surface area contributed by atoms with Crippen LogP contribution < -0.4 is 10.2 Å². The summed E-state index contributed by atoms with van der Waals surface area (Å²) in [5.41, 5.74) is 2.35. The minimum Gasteiger partial charge on any atom is -0.353 e. The molecule has 3 atom stereocenters. The largest absolute Gasteiger partial charge is 0.353 e. The molecule has 0 unspecified atom stereocenters. The van der Waals surface area contributed by atoms with E-state index in [1.54, 1.807) is 0 Å². The topological polar surface area (TPSA) is 55.9 Å². The fourth-order valence-corrected chi connectivity index (χ4v) is 6.44. The number of likely N-dealkylation sites (N-methyl/N-ethyl adjacent to an activating group) is 1. The van der Waals surface area contributed by atoms with Crippen LogP contribution in [-0.4, -0.2) is 72.5 Å². The number of carbonyl (C=O) groups is 2. The Morgan fingerprint density at radius 1 is 1.10 bits per heavy atom. The van der Waals surface area contributed by atoms with Crippen LogP contribution in [0.4, 0.5) is 5.69 Å². The maximum Gasteiger partial charge on any atom is 0.239 e. The first-order chi connectivity index (χ1) is 15.1. The van der Waals surface area contributed by atoms with Gasteiger partial charge in [0.15, 0.2) is 0 Å². The molecule has 1 aromatic carbocycles. The number of carbonyl (C=O) groups excluding carboxylic acids is 2. The number of hydrogen-bond acceptors (Lipinski definition) is 4. The van der Waals surface area contributed by atoms with Crippen LogP contribution >= 0.6 is 0 Å². The Morgan fingerprint density at radius 2 is 1.90 bits per heavy atom. The molecular formula is C25H36N4O2. The second-order valence-electron chi connectivity index (χ2n) is 9.86. The number of fused-ring (bicyclic) bond motifs is 2. The third-order valence-corrected chi connectivity index (χ3v) is 8.21. The van der Waals surface area contributed by atoms with Gasteiger partial charge in [0, 0.05) is 49.9 Å². The van der Waals surface area contributed by atoms with E-state index < -0.39 is 0 Å². The van der Waals surface area contributed by atoms with Gasteiger partial charge in [0.25, 0.3) is 0 Å². The SMILES string of the molecule is CN1[C@@H](CCC(=O)N2CCc3ccccc32)CNC(=O)[C@@H]2[C@H]1CCN2C1CCCCC1. The van der Waals surface area contributed by atoms with Crippen molar-refractivity contribution in [2.24, 2.45) is 0 Å². The zero-order chi connectivity index (χ0) is 21.4. The normalized spacial score (nSPS) is 30.0. The molecule has 1 aliphatic carbocycles. The molecule has 1 aromatic rings. The number of amides is 2. The summed E-state index contributed by atoms with van der Waals surface area (Å²) < 4.78 is 0. The average molecular weight is 425 g/mol. The van der Waals surface area contributed by atoms with Gasteiger partial charge in [0.1, 0.15) is 6.04 Å². The second-order valence-corrected chi connectivity index (χ2v) is 9.86. The van der Waals surface area contributed by atoms with E-state index in [1.807, 2.05) is 17.0 Å². The van der Waals surface area contributed by atoms with Crippen molar-refractivity contribution in [3.63, 3.8) is 0 Å². The Kier molecular flexibility index (Phi) is 6.02. The van der Waals surface area contributed by atoms with Crippen LogP contribution in [0.2, 0.25) is 0 Å². The van der Waals surface area contributed by atoms with Crippen molar-refractivity contribution in [2.45, 2.75) is 82.0 Å². The summed E-state index contributed by atoms with van der Waals surface area (Å²) in [4.78, 5) is 32.9. The van der Waals surface area contributed by atoms with Gasteiger partial charge in [-0.25, -0.2) is 0 Å². The summed E-state index contributed by atoms with van der Waals surface area (Å²) in [6.45, 7) is 2.45. The van der Waals surface area contributed by atoms with E-state index in [2.05, 4.69) is 34.3 Å². The van der Waals surface area contributed by atoms with Crippen LogP contribution in [0.15, 0.2) is 24.3 Å². The first-order valence-corrected chi connectivity index (χ1v) is 12.3. The first kappa shape index (κ1) is 21.0. The molecule has 1 N–H and O–H groups in total. The van der Waals surface area contributed by atoms with E-state index in [0.29, 0.717) is 19.0 Å². The molecule has 1 saturated carbocycles. The van der Waals surface area contributed by atoms with E-state index in [0.717, 1.165) is 38.0 Å². The van der Waals surface area contributed by atoms with Crippen LogP contribution in [0.3, 0.4) is 0 Å². The first-order valence-electron chi connectivity index (χ1n) is 12.3. The highest BCUT2D eigenvalue weighted by molar-refractivity contribution is 5.95. The monoisotopic (exact) mass is 424 g/mol. The number of nitrogens with zero attached hydrogens (tertiary/aromatic N) is 3. The molecule has 3 fully saturated rings. The van der Waals surface area contributed by atoms with Crippen LogP contribution in [0.25, 0.3) is 0 Å². The van der Waals surface area contributed by atoms with Crippen molar-refractivity contribution < 1.29 is 9.59 Å². The van der Waals surface area contributed by atoms with Gasteiger partial charge in [-0.3, -0.25) is 19.4 Å². The zero-order valence-corrected chi connectivity index (χ0v) is 18.8. The summed E-state index contributed by atoms with van der Waals surface area (Å²) in [5, 5.41) is 3.23. The summed E-state index contributed by atoms with van der Waals surface area (Å²) in [6, 6.07) is 9.25. The lowest BCUT2D eigenvalue weighted by atomic mass is 9.93. The molecule has 6 heteroatoms. The summed E-state index contributed by atoms with van der Waals surface area (Å²) >= 11 is 0. The summed E-state index contributed by atoms with van der Waals surface area (Å²) in [6.07, 6.45) is 9.70. The second kappa shape index (κ2) is 8.91. The third kappa shape index (κ3) is 4.00. The van der Waals surface area contributed by atoms with Gasteiger partial charge >= 0.3 is 0 Å². The van der Waals surface area contributed by atoms with E-state index in [4.69, 9.17) is 0 Å². The number of para-hydroxylation sites is 1. The Bertz CT molecular complexity index is 821. The molecule has 3 heterocycles. The van der Waals surface area contributed by atoms with E-state index in [1.165, 1.54) is 37.7 Å². The molecule has 6 nitrogen and oxygen atoms in total. The highest BCUT2D eigenvalue weighted by Crippen LogP contribution is 2.34. The smallest absolute Gasteiger partial charge is 0.239 e. The van der Waals surface area contributed by atoms with Crippen molar-refractivity contribution in [3.05, 3.63) is 29.8 Å². The summed E-state index contributed by atoms with van der Waals surface area (Å²) in [5.74, 6) is 0.406. The molecule has 2 saturated heterocycles. The Morgan fingerprint density at radius 3 is 2.74 bits per heavy atom. The van der Waals surface area contributed by atoms with Gasteiger partial charge in [-0.2, -0.15) is 0 Å². The predicted molar refractivity (Wildman–Crippen MR) is 122 cm³/mol. The lowest BCUT2D eigenvalue weighted by Crippen LogP contribution is -2.53. The molecule has 0 aromatic heterocycles. The van der Waals surface area contributed by atoms with Crippen molar-refractivity contribution >= 4 is 17.5 Å². The van der Waals surface area contributed by atoms with Crippen LogP contribution in [0.5, 0.6) is 0 Å². The molecule has 3 aliphatic heterocycles. The lowest BCUT2D eigenvalue weighted by molar-refractivity contribution is -0.126. The third-order valence-electron chi connectivity index (χ3n) is 8.21. The van der Waals surface area contributed by atoms with Gasteiger partial charge in [0.2, 0.25) is 11.8 Å². The molecular weight excluding hydrogens is 388 g/mol. The van der Waals surface area contributed by atoms with Crippen LogP contribution in [0.1, 0.15) is 56.9 Å². The van der Waals surface area contributed by atoms with Crippen molar-refractivity contribution in [1.29, 1.82) is 0 Å². The van der Waals surface area contributed by atoms with Crippen LogP contribution in [0, 0.1) is 0 Å².